The summed E-state index contributed by atoms with van der Waals surface area (Å²) in [6, 6.07) is 2.40. The molecule has 1 saturated heterocycles. The highest BCUT2D eigenvalue weighted by molar-refractivity contribution is 9.10. The molecule has 0 bridgehead atoms. The van der Waals surface area contributed by atoms with Gasteiger partial charge in [-0.1, -0.05) is 0 Å². The number of nitrogens with zero attached hydrogens (tertiary/aromatic N) is 4. The number of methoxy groups -OCH3 is 1. The van der Waals surface area contributed by atoms with Gasteiger partial charge in [-0.15, -0.1) is 0 Å². The van der Waals surface area contributed by atoms with Crippen molar-refractivity contribution in [2.75, 3.05) is 25.1 Å². The van der Waals surface area contributed by atoms with Crippen LogP contribution in [-0.2, 0) is 0 Å². The van der Waals surface area contributed by atoms with Crippen molar-refractivity contribution >= 4 is 21.6 Å². The van der Waals surface area contributed by atoms with E-state index in [2.05, 4.69) is 35.8 Å². The van der Waals surface area contributed by atoms with Crippen molar-refractivity contribution in [2.24, 2.45) is 0 Å². The lowest BCUT2D eigenvalue weighted by Crippen LogP contribution is -2.41. The monoisotopic (exact) mass is 364 g/mol. The van der Waals surface area contributed by atoms with Gasteiger partial charge in [0.05, 0.1) is 36.2 Å². The molecule has 1 aliphatic heterocycles. The molecule has 0 radical (unpaired) electrons. The molecule has 1 atom stereocenters. The number of halogens is 1. The molecule has 0 aliphatic carbocycles. The van der Waals surface area contributed by atoms with Gasteiger partial charge in [-0.2, -0.15) is 9.97 Å². The Kier molecular flexibility index (Phi) is 4.72. The summed E-state index contributed by atoms with van der Waals surface area (Å²) in [5.74, 6) is 0.623. The van der Waals surface area contributed by atoms with Crippen LogP contribution in [0.2, 0.25) is 0 Å². The van der Waals surface area contributed by atoms with Crippen molar-refractivity contribution in [3.05, 3.63) is 35.3 Å². The second-order valence-corrected chi connectivity index (χ2v) is 5.91. The fourth-order valence-corrected chi connectivity index (χ4v) is 3.00. The lowest BCUT2D eigenvalue weighted by Gasteiger charge is -2.34. The number of anilines is 1. The number of hydrogen-bond acceptors (Lipinski definition) is 6. The number of aromatic nitrogens is 3. The predicted molar refractivity (Wildman–Crippen MR) is 86.4 cm³/mol. The van der Waals surface area contributed by atoms with Crippen molar-refractivity contribution in [2.45, 2.75) is 18.9 Å². The number of pyridine rings is 1. The maximum Gasteiger partial charge on any atom is 0.316 e. The molecular formula is C15H17BrN4O2. The molecular weight excluding hydrogens is 348 g/mol. The number of piperidine rings is 1. The van der Waals surface area contributed by atoms with Crippen LogP contribution in [0.15, 0.2) is 35.3 Å². The third-order valence-electron chi connectivity index (χ3n) is 3.58. The standard InChI is InChI=1S/C15H17BrN4O2/c1-21-12-7-18-15(19-8-12)22-11-3-2-6-20(10-11)14-4-5-17-9-13(14)16/h4-5,7-9,11H,2-3,6,10H2,1H3. The summed E-state index contributed by atoms with van der Waals surface area (Å²) in [7, 11) is 1.59. The van der Waals surface area contributed by atoms with E-state index in [9.17, 15) is 0 Å². The molecule has 0 saturated carbocycles. The van der Waals surface area contributed by atoms with E-state index >= 15 is 0 Å². The van der Waals surface area contributed by atoms with Crippen LogP contribution in [0, 0.1) is 0 Å². The fraction of sp³-hybridized carbons (Fsp3) is 0.400. The Morgan fingerprint density at radius 3 is 2.82 bits per heavy atom. The van der Waals surface area contributed by atoms with Crippen LogP contribution in [0.5, 0.6) is 11.8 Å². The summed E-state index contributed by atoms with van der Waals surface area (Å²) in [6.45, 7) is 1.81. The van der Waals surface area contributed by atoms with Crippen molar-refractivity contribution in [1.82, 2.24) is 15.0 Å². The molecule has 0 aromatic carbocycles. The molecule has 2 aromatic rings. The maximum absolute atomic E-state index is 5.90. The average molecular weight is 365 g/mol. The van der Waals surface area contributed by atoms with E-state index in [0.717, 1.165) is 36.1 Å². The average Bonchev–Trinajstić information content (AvgIpc) is 2.56. The van der Waals surface area contributed by atoms with Crippen LogP contribution < -0.4 is 14.4 Å². The molecule has 116 valence electrons. The summed E-state index contributed by atoms with van der Waals surface area (Å²) in [5, 5.41) is 0. The highest BCUT2D eigenvalue weighted by Crippen LogP contribution is 2.28. The number of rotatable bonds is 4. The molecule has 2 aromatic heterocycles. The zero-order valence-corrected chi connectivity index (χ0v) is 13.9. The van der Waals surface area contributed by atoms with Gasteiger partial charge >= 0.3 is 6.01 Å². The van der Waals surface area contributed by atoms with Gasteiger partial charge < -0.3 is 14.4 Å². The van der Waals surface area contributed by atoms with Gasteiger partial charge in [0.1, 0.15) is 6.10 Å². The largest absolute Gasteiger partial charge is 0.494 e. The minimum absolute atomic E-state index is 0.0715. The van der Waals surface area contributed by atoms with Gasteiger partial charge in [0, 0.05) is 18.9 Å². The minimum Gasteiger partial charge on any atom is -0.494 e. The second kappa shape index (κ2) is 6.91. The van der Waals surface area contributed by atoms with Crippen LogP contribution >= 0.6 is 15.9 Å². The minimum atomic E-state index is 0.0715. The van der Waals surface area contributed by atoms with Gasteiger partial charge in [0.2, 0.25) is 0 Å². The first-order valence-electron chi connectivity index (χ1n) is 7.13. The molecule has 7 heteroatoms. The molecule has 3 rings (SSSR count). The van der Waals surface area contributed by atoms with E-state index in [1.165, 1.54) is 0 Å². The molecule has 3 heterocycles. The van der Waals surface area contributed by atoms with Crippen molar-refractivity contribution < 1.29 is 9.47 Å². The van der Waals surface area contributed by atoms with Gasteiger partial charge in [0.25, 0.3) is 0 Å². The summed E-state index contributed by atoms with van der Waals surface area (Å²) in [4.78, 5) is 14.7. The number of ether oxygens (including phenoxy) is 2. The third-order valence-corrected chi connectivity index (χ3v) is 4.19. The van der Waals surface area contributed by atoms with E-state index < -0.39 is 0 Å². The quantitative estimate of drug-likeness (QED) is 0.830. The molecule has 0 amide bonds. The molecule has 1 aliphatic rings. The van der Waals surface area contributed by atoms with E-state index in [1.807, 2.05) is 12.3 Å². The molecule has 0 N–H and O–H groups in total. The first-order valence-corrected chi connectivity index (χ1v) is 7.92. The van der Waals surface area contributed by atoms with Crippen molar-refractivity contribution in [3.63, 3.8) is 0 Å². The Morgan fingerprint density at radius 2 is 2.09 bits per heavy atom. The SMILES string of the molecule is COc1cnc(OC2CCCN(c3ccncc3Br)C2)nc1. The highest BCUT2D eigenvalue weighted by Gasteiger charge is 2.23. The van der Waals surface area contributed by atoms with E-state index in [1.54, 1.807) is 25.7 Å². The second-order valence-electron chi connectivity index (χ2n) is 5.06. The normalized spacial score (nSPS) is 18.1. The molecule has 22 heavy (non-hydrogen) atoms. The van der Waals surface area contributed by atoms with Gasteiger partial charge in [-0.3, -0.25) is 4.98 Å². The Morgan fingerprint density at radius 1 is 1.27 bits per heavy atom. The predicted octanol–water partition coefficient (Wildman–Crippen LogP) is 2.69. The summed E-state index contributed by atoms with van der Waals surface area (Å²) < 4.78 is 11.9. The van der Waals surface area contributed by atoms with Crippen molar-refractivity contribution in [1.29, 1.82) is 0 Å². The molecule has 0 spiro atoms. The van der Waals surface area contributed by atoms with Crippen LogP contribution in [-0.4, -0.2) is 41.3 Å². The zero-order chi connectivity index (χ0) is 15.4. The number of hydrogen-bond donors (Lipinski definition) is 0. The van der Waals surface area contributed by atoms with Crippen molar-refractivity contribution in [3.8, 4) is 11.8 Å². The smallest absolute Gasteiger partial charge is 0.316 e. The lowest BCUT2D eigenvalue weighted by atomic mass is 10.1. The highest BCUT2D eigenvalue weighted by atomic mass is 79.9. The van der Waals surface area contributed by atoms with Gasteiger partial charge in [-0.05, 0) is 34.8 Å². The van der Waals surface area contributed by atoms with Gasteiger partial charge in [0.15, 0.2) is 5.75 Å². The van der Waals surface area contributed by atoms with E-state index in [0.29, 0.717) is 11.8 Å². The van der Waals surface area contributed by atoms with E-state index in [4.69, 9.17) is 9.47 Å². The molecule has 1 unspecified atom stereocenters. The van der Waals surface area contributed by atoms with Crippen LogP contribution in [0.3, 0.4) is 0 Å². The lowest BCUT2D eigenvalue weighted by molar-refractivity contribution is 0.164. The third kappa shape index (κ3) is 3.47. The topological polar surface area (TPSA) is 60.4 Å². The van der Waals surface area contributed by atoms with Crippen LogP contribution in [0.4, 0.5) is 5.69 Å². The van der Waals surface area contributed by atoms with Gasteiger partial charge in [-0.25, -0.2) is 0 Å². The first kappa shape index (κ1) is 15.0. The Bertz CT molecular complexity index is 623. The van der Waals surface area contributed by atoms with Crippen LogP contribution in [0.25, 0.3) is 0 Å². The fourth-order valence-electron chi connectivity index (χ4n) is 2.50. The molecule has 1 fully saturated rings. The zero-order valence-electron chi connectivity index (χ0n) is 12.3. The Labute approximate surface area is 137 Å². The summed E-state index contributed by atoms with van der Waals surface area (Å²) in [5.41, 5.74) is 1.14. The summed E-state index contributed by atoms with van der Waals surface area (Å²) in [6.07, 6.45) is 8.97. The Hall–Kier alpha value is -1.89. The van der Waals surface area contributed by atoms with Crippen LogP contribution in [0.1, 0.15) is 12.8 Å². The first-order chi connectivity index (χ1) is 10.8. The summed E-state index contributed by atoms with van der Waals surface area (Å²) >= 11 is 3.55. The molecule has 6 nitrogen and oxygen atoms in total. The van der Waals surface area contributed by atoms with E-state index in [-0.39, 0.29) is 6.10 Å². The Balaban J connectivity index is 1.66. The maximum atomic E-state index is 5.90.